The van der Waals surface area contributed by atoms with Crippen LogP contribution >= 0.6 is 7.82 Å². The van der Waals surface area contributed by atoms with Crippen molar-refractivity contribution in [2.75, 3.05) is 13.2 Å². The first kappa shape index (κ1) is 71.6. The number of esters is 3. The number of hydrogen-bond donors (Lipinski definition) is 1. The van der Waals surface area contributed by atoms with Crippen LogP contribution < -0.4 is 5.32 Å². The maximum Gasteiger partial charge on any atom is 0.475 e. The third-order valence-corrected chi connectivity index (χ3v) is 22.4. The molecule has 2 saturated heterocycles. The second kappa shape index (κ2) is 34.7. The van der Waals surface area contributed by atoms with Gasteiger partial charge in [0.2, 0.25) is 5.91 Å². The normalized spacial score (nSPS) is 24.4. The number of azide groups is 1. The number of amides is 1. The number of phosphoric acid groups is 1. The highest BCUT2D eigenvalue weighted by Gasteiger charge is 2.56. The van der Waals surface area contributed by atoms with E-state index in [1.165, 1.54) is 0 Å². The first-order chi connectivity index (χ1) is 43.1. The third-order valence-electron chi connectivity index (χ3n) is 16.6. The SMILES string of the molecule is CCC(=O)O[C@H](CC)CC(=O)NC1[C@H](OCC2O[C@@H](O[Si](C)(C)C(C)(C)C)C(N=[N+]=[N-])[C@@H](OC(=O)C[C@H](CC)OCc3ccccc3)[C@H]2OCc2ccccc2)OC(COCc2ccccc2)[C@H](OP2(=O)OCc3ccccc3CO2)[C@@H]1OC(=O)C[C@H](C)CC. The monoisotopic (exact) mass is 1290 g/mol. The minimum Gasteiger partial charge on any atom is -0.462 e. The van der Waals surface area contributed by atoms with Gasteiger partial charge in [0.1, 0.15) is 48.7 Å². The molecule has 4 aromatic carbocycles. The highest BCUT2D eigenvalue weighted by atomic mass is 31.2. The van der Waals surface area contributed by atoms with Crippen molar-refractivity contribution < 1.29 is 84.4 Å². The number of carbonyl (C=O) groups is 4. The molecular weight excluding hydrogens is 1200 g/mol. The topological polar surface area (TPSA) is 266 Å². The second-order valence-electron chi connectivity index (χ2n) is 24.4. The number of carbonyl (C=O) groups excluding carboxylic acids is 4. The van der Waals surface area contributed by atoms with Gasteiger partial charge in [0, 0.05) is 17.8 Å². The molecule has 24 heteroatoms. The molecule has 3 heterocycles. The summed E-state index contributed by atoms with van der Waals surface area (Å²) in [4.78, 5) is 59.6. The van der Waals surface area contributed by atoms with Crippen LogP contribution in [0.4, 0.5) is 0 Å². The van der Waals surface area contributed by atoms with Crippen molar-refractivity contribution in [3.8, 4) is 0 Å². The number of ether oxygens (including phenoxy) is 9. The second-order valence-corrected chi connectivity index (χ2v) is 30.8. The van der Waals surface area contributed by atoms with E-state index in [0.29, 0.717) is 24.0 Å². The molecule has 0 aliphatic carbocycles. The summed E-state index contributed by atoms with van der Waals surface area (Å²) in [5.74, 6) is -2.71. The summed E-state index contributed by atoms with van der Waals surface area (Å²) in [6.45, 7) is 18.4. The smallest absolute Gasteiger partial charge is 0.462 e. The average molecular weight is 1290 g/mol. The van der Waals surface area contributed by atoms with Gasteiger partial charge in [-0.05, 0) is 70.2 Å². The maximum atomic E-state index is 15.1. The highest BCUT2D eigenvalue weighted by molar-refractivity contribution is 7.48. The maximum absolute atomic E-state index is 15.1. The Morgan fingerprint density at radius 2 is 1.20 bits per heavy atom. The molecule has 4 unspecified atom stereocenters. The molecule has 7 rings (SSSR count). The number of nitrogens with one attached hydrogen (secondary N) is 1. The fraction of sp³-hybridized carbons (Fsp3) is 0.576. The van der Waals surface area contributed by atoms with Crippen molar-refractivity contribution in [3.05, 3.63) is 154 Å². The molecule has 13 atom stereocenters. The molecule has 0 spiro atoms. The summed E-state index contributed by atoms with van der Waals surface area (Å²) < 4.78 is 99.6. The molecule has 3 aliphatic heterocycles. The Morgan fingerprint density at radius 1 is 0.656 bits per heavy atom. The Kier molecular flexibility index (Phi) is 27.6. The summed E-state index contributed by atoms with van der Waals surface area (Å²) in [7, 11) is -7.48. The first-order valence-electron chi connectivity index (χ1n) is 31.2. The van der Waals surface area contributed by atoms with Gasteiger partial charge < -0.3 is 52.4 Å². The zero-order chi connectivity index (χ0) is 64.8. The minimum absolute atomic E-state index is 0.0446. The lowest BCUT2D eigenvalue weighted by Crippen LogP contribution is -2.67. The summed E-state index contributed by atoms with van der Waals surface area (Å²) >= 11 is 0. The Labute approximate surface area is 530 Å². The van der Waals surface area contributed by atoms with Crippen LogP contribution in [0.5, 0.6) is 0 Å². The molecule has 1 amide bonds. The molecule has 2 fully saturated rings. The van der Waals surface area contributed by atoms with Gasteiger partial charge in [-0.1, -0.05) is 182 Å². The van der Waals surface area contributed by atoms with Gasteiger partial charge in [-0.2, -0.15) is 0 Å². The molecular formula is C66H91N4O18PSi. The van der Waals surface area contributed by atoms with E-state index >= 15 is 4.57 Å². The highest BCUT2D eigenvalue weighted by Crippen LogP contribution is 2.55. The van der Waals surface area contributed by atoms with Crippen LogP contribution in [-0.2, 0) is 117 Å². The van der Waals surface area contributed by atoms with E-state index < -0.39 is 125 Å². The fourth-order valence-electron chi connectivity index (χ4n) is 10.0. The van der Waals surface area contributed by atoms with Crippen molar-refractivity contribution in [3.63, 3.8) is 0 Å². The predicted molar refractivity (Wildman–Crippen MR) is 335 cm³/mol. The number of hydrogen-bond acceptors (Lipinski definition) is 19. The van der Waals surface area contributed by atoms with Crippen LogP contribution in [0, 0.1) is 5.92 Å². The van der Waals surface area contributed by atoms with Crippen LogP contribution in [-0.4, -0.2) is 119 Å². The zero-order valence-corrected chi connectivity index (χ0v) is 55.4. The van der Waals surface area contributed by atoms with E-state index in [1.807, 2.05) is 170 Å². The largest absolute Gasteiger partial charge is 0.475 e. The third kappa shape index (κ3) is 21.1. The molecule has 4 aromatic rings. The van der Waals surface area contributed by atoms with Crippen LogP contribution in [0.2, 0.25) is 18.1 Å². The molecule has 0 aromatic heterocycles. The Morgan fingerprint density at radius 3 is 1.77 bits per heavy atom. The number of benzene rings is 4. The van der Waals surface area contributed by atoms with Crippen molar-refractivity contribution in [1.29, 1.82) is 0 Å². The lowest BCUT2D eigenvalue weighted by molar-refractivity contribution is -0.301. The van der Waals surface area contributed by atoms with E-state index in [1.54, 1.807) is 13.8 Å². The molecule has 90 heavy (non-hydrogen) atoms. The molecule has 0 radical (unpaired) electrons. The van der Waals surface area contributed by atoms with Crippen molar-refractivity contribution in [2.24, 2.45) is 11.0 Å². The van der Waals surface area contributed by atoms with E-state index in [-0.39, 0.29) is 77.7 Å². The van der Waals surface area contributed by atoms with Crippen molar-refractivity contribution in [2.45, 2.75) is 225 Å². The lowest BCUT2D eigenvalue weighted by Gasteiger charge is -2.49. The molecule has 3 aliphatic rings. The first-order valence-corrected chi connectivity index (χ1v) is 35.6. The van der Waals surface area contributed by atoms with Crippen LogP contribution in [0.1, 0.15) is 128 Å². The van der Waals surface area contributed by atoms with E-state index in [0.717, 1.165) is 16.7 Å². The van der Waals surface area contributed by atoms with E-state index in [2.05, 4.69) is 15.3 Å². The van der Waals surface area contributed by atoms with Gasteiger partial charge in [-0.15, -0.1) is 0 Å². The lowest BCUT2D eigenvalue weighted by atomic mass is 9.95. The van der Waals surface area contributed by atoms with Crippen molar-refractivity contribution >= 4 is 40.0 Å². The molecule has 0 saturated carbocycles. The summed E-state index contributed by atoms with van der Waals surface area (Å²) in [5.41, 5.74) is 14.2. The van der Waals surface area contributed by atoms with E-state index in [9.17, 15) is 24.7 Å². The molecule has 0 bridgehead atoms. The van der Waals surface area contributed by atoms with Gasteiger partial charge in [0.05, 0.1) is 65.2 Å². The van der Waals surface area contributed by atoms with Gasteiger partial charge in [-0.25, -0.2) is 4.57 Å². The van der Waals surface area contributed by atoms with Crippen LogP contribution in [0.3, 0.4) is 0 Å². The van der Waals surface area contributed by atoms with Gasteiger partial charge in [0.25, 0.3) is 0 Å². The van der Waals surface area contributed by atoms with Gasteiger partial charge >= 0.3 is 25.7 Å². The number of rotatable bonds is 32. The Hall–Kier alpha value is -5.88. The van der Waals surface area contributed by atoms with Gasteiger partial charge in [0.15, 0.2) is 27.0 Å². The van der Waals surface area contributed by atoms with E-state index in [4.69, 9.17) is 60.6 Å². The molecule has 1 N–H and O–H groups in total. The van der Waals surface area contributed by atoms with Crippen LogP contribution in [0.15, 0.2) is 120 Å². The zero-order valence-electron chi connectivity index (χ0n) is 53.5. The fourth-order valence-corrected chi connectivity index (χ4v) is 12.5. The quantitative estimate of drug-likeness (QED) is 0.00905. The molecule has 492 valence electrons. The average Bonchev–Trinajstić information content (AvgIpc) is 1.00. The Balaban J connectivity index is 1.33. The Bertz CT molecular complexity index is 2960. The van der Waals surface area contributed by atoms with Gasteiger partial charge in [-0.3, -0.25) is 32.7 Å². The summed E-state index contributed by atoms with van der Waals surface area (Å²) in [5, 5.41) is 6.81. The molecule has 22 nitrogen and oxygen atoms in total. The number of nitrogens with zero attached hydrogens (tertiary/aromatic N) is 3. The standard InChI is InChI=1S/C66H91N4O18PSi/c1-11-44(5)34-56(73)85-62-58(68-54(71)35-51(13-3)82-55(72)14-4)64(83-52(42-76-37-45-26-18-15-19-27-45)61(62)87-89(75)80-40-48-32-24-25-33-49(48)41-81-89)79-43-53-60(78-39-47-30-22-17-23-31-47)63(59(69-70-67)65(84-53)88-90(9,10)66(6,7)8)86-57(74)36-50(12-2)77-38-46-28-20-16-21-29-46/h15-33,44,50-53,58-65H,11-14,34-43H2,1-10H3,(H,68,71)/t44-,50+,51-,52?,53?,58?,59?,60+,61+,62-,63-,64-,65+/m1/s1. The number of phosphoric ester groups is 1. The van der Waals surface area contributed by atoms with Crippen molar-refractivity contribution in [1.82, 2.24) is 5.32 Å². The summed E-state index contributed by atoms with van der Waals surface area (Å²) in [6.07, 6.45) is -12.0. The summed E-state index contributed by atoms with van der Waals surface area (Å²) in [6, 6.07) is 32.6. The minimum atomic E-state index is -4.62. The number of fused-ring (bicyclic) bond motifs is 1. The van der Waals surface area contributed by atoms with Crippen LogP contribution in [0.25, 0.3) is 10.4 Å². The predicted octanol–water partition coefficient (Wildman–Crippen LogP) is 12.4.